The van der Waals surface area contributed by atoms with Crippen molar-refractivity contribution in [1.29, 1.82) is 0 Å². The Balaban J connectivity index is 2.06. The summed E-state index contributed by atoms with van der Waals surface area (Å²) in [5, 5.41) is 9.07. The Kier molecular flexibility index (Phi) is 4.35. The summed E-state index contributed by atoms with van der Waals surface area (Å²) >= 11 is 1.38. The van der Waals surface area contributed by atoms with E-state index in [0.717, 1.165) is 25.2 Å². The average molecular weight is 181 g/mol. The predicted octanol–water partition coefficient (Wildman–Crippen LogP) is 1.04. The van der Waals surface area contributed by atoms with Gasteiger partial charge in [0.05, 0.1) is 5.69 Å². The molecular formula is C8H11N3S. The number of nitrogens with one attached hydrogen (secondary N) is 1. The minimum absolute atomic E-state index is 0.794. The lowest BCUT2D eigenvalue weighted by atomic mass is 10.4. The van der Waals surface area contributed by atoms with Gasteiger partial charge in [-0.15, -0.1) is 16.9 Å². The number of rotatable bonds is 4. The maximum absolute atomic E-state index is 3.90. The summed E-state index contributed by atoms with van der Waals surface area (Å²) in [4.78, 5) is 0. The first kappa shape index (κ1) is 9.17. The second-order valence-electron chi connectivity index (χ2n) is 2.25. The minimum atomic E-state index is 0.794. The molecule has 0 fully saturated rings. The highest BCUT2D eigenvalue weighted by Gasteiger charge is 1.92. The molecule has 0 aliphatic heterocycles. The van der Waals surface area contributed by atoms with Gasteiger partial charge in [-0.25, -0.2) is 0 Å². The first-order valence-corrected chi connectivity index (χ1v) is 4.63. The van der Waals surface area contributed by atoms with Crippen LogP contribution in [0.25, 0.3) is 0 Å². The van der Waals surface area contributed by atoms with Crippen LogP contribution in [0.3, 0.4) is 0 Å². The molecule has 1 rings (SSSR count). The second kappa shape index (κ2) is 5.70. The largest absolute Gasteiger partial charge is 0.310 e. The van der Waals surface area contributed by atoms with Crippen LogP contribution in [0.4, 0.5) is 0 Å². The smallest absolute Gasteiger partial charge is 0.0893 e. The lowest BCUT2D eigenvalue weighted by Crippen LogP contribution is -2.14. The van der Waals surface area contributed by atoms with Crippen molar-refractivity contribution in [2.45, 2.75) is 19.9 Å². The Hall–Kier alpha value is -0.920. The first-order valence-electron chi connectivity index (χ1n) is 3.79. The van der Waals surface area contributed by atoms with Crippen LogP contribution in [0.1, 0.15) is 19.0 Å². The molecule has 0 aliphatic carbocycles. The van der Waals surface area contributed by atoms with Gasteiger partial charge in [-0.3, -0.25) is 0 Å². The van der Waals surface area contributed by atoms with E-state index < -0.39 is 0 Å². The number of nitrogens with zero attached hydrogens (tertiary/aromatic N) is 2. The van der Waals surface area contributed by atoms with Crippen molar-refractivity contribution in [1.82, 2.24) is 14.9 Å². The number of aromatic nitrogens is 2. The summed E-state index contributed by atoms with van der Waals surface area (Å²) < 4.78 is 3.76. The molecule has 0 bridgehead atoms. The van der Waals surface area contributed by atoms with E-state index in [1.165, 1.54) is 11.5 Å². The van der Waals surface area contributed by atoms with E-state index in [0.29, 0.717) is 0 Å². The van der Waals surface area contributed by atoms with Crippen molar-refractivity contribution in [2.24, 2.45) is 0 Å². The van der Waals surface area contributed by atoms with Crippen LogP contribution in [-0.4, -0.2) is 16.1 Å². The van der Waals surface area contributed by atoms with E-state index in [1.54, 1.807) is 0 Å². The van der Waals surface area contributed by atoms with Crippen molar-refractivity contribution in [3.05, 3.63) is 11.1 Å². The molecule has 0 spiro atoms. The van der Waals surface area contributed by atoms with Gasteiger partial charge >= 0.3 is 0 Å². The zero-order valence-corrected chi connectivity index (χ0v) is 7.82. The van der Waals surface area contributed by atoms with E-state index >= 15 is 0 Å². The molecular weight excluding hydrogens is 170 g/mol. The standard InChI is InChI=1S/C8H11N3S/c1-2-3-4-5-9-6-8-7-12-11-10-8/h7,9H,4-6H2,1H3. The molecule has 3 nitrogen and oxygen atoms in total. The molecule has 0 radical (unpaired) electrons. The van der Waals surface area contributed by atoms with Crippen LogP contribution in [0.15, 0.2) is 5.38 Å². The fourth-order valence-electron chi connectivity index (χ4n) is 0.753. The van der Waals surface area contributed by atoms with Crippen LogP contribution >= 0.6 is 11.5 Å². The Bertz CT molecular complexity index is 258. The predicted molar refractivity (Wildman–Crippen MR) is 49.7 cm³/mol. The van der Waals surface area contributed by atoms with Gasteiger partial charge in [0.15, 0.2) is 0 Å². The van der Waals surface area contributed by atoms with Gasteiger partial charge < -0.3 is 5.32 Å². The maximum Gasteiger partial charge on any atom is 0.0893 e. The molecule has 1 aromatic heterocycles. The average Bonchev–Trinajstić information content (AvgIpc) is 2.57. The highest BCUT2D eigenvalue weighted by molar-refractivity contribution is 7.03. The van der Waals surface area contributed by atoms with Gasteiger partial charge in [0.1, 0.15) is 0 Å². The molecule has 0 saturated carbocycles. The Morgan fingerprint density at radius 2 is 2.58 bits per heavy atom. The monoisotopic (exact) mass is 181 g/mol. The van der Waals surface area contributed by atoms with Crippen molar-refractivity contribution >= 4 is 11.5 Å². The highest BCUT2D eigenvalue weighted by atomic mass is 32.1. The molecule has 1 heterocycles. The Morgan fingerprint density at radius 1 is 1.67 bits per heavy atom. The lowest BCUT2D eigenvalue weighted by Gasteiger charge is -1.96. The zero-order chi connectivity index (χ0) is 8.65. The first-order chi connectivity index (χ1) is 5.93. The Morgan fingerprint density at radius 3 is 3.25 bits per heavy atom. The third-order valence-corrected chi connectivity index (χ3v) is 1.87. The summed E-state index contributed by atoms with van der Waals surface area (Å²) in [6, 6.07) is 0. The molecule has 1 N–H and O–H groups in total. The molecule has 0 amide bonds. The van der Waals surface area contributed by atoms with E-state index in [-0.39, 0.29) is 0 Å². The van der Waals surface area contributed by atoms with Crippen LogP contribution in [-0.2, 0) is 6.54 Å². The van der Waals surface area contributed by atoms with Gasteiger partial charge in [-0.1, -0.05) is 4.49 Å². The quantitative estimate of drug-likeness (QED) is 0.557. The van der Waals surface area contributed by atoms with Crippen LogP contribution in [0.2, 0.25) is 0 Å². The van der Waals surface area contributed by atoms with Crippen LogP contribution < -0.4 is 5.32 Å². The van der Waals surface area contributed by atoms with Crippen molar-refractivity contribution in [3.63, 3.8) is 0 Å². The van der Waals surface area contributed by atoms with Gasteiger partial charge in [-0.05, 0) is 18.5 Å². The third kappa shape index (κ3) is 3.46. The van der Waals surface area contributed by atoms with Crippen molar-refractivity contribution in [3.8, 4) is 11.8 Å². The molecule has 12 heavy (non-hydrogen) atoms. The molecule has 0 aliphatic rings. The summed E-state index contributed by atoms with van der Waals surface area (Å²) in [6.45, 7) is 3.56. The molecule has 0 aromatic carbocycles. The summed E-state index contributed by atoms with van der Waals surface area (Å²) in [6.07, 6.45) is 0.897. The number of hydrogen-bond acceptors (Lipinski definition) is 4. The highest BCUT2D eigenvalue weighted by Crippen LogP contribution is 1.95. The topological polar surface area (TPSA) is 37.8 Å². The van der Waals surface area contributed by atoms with Gasteiger partial charge in [-0.2, -0.15) is 0 Å². The van der Waals surface area contributed by atoms with E-state index in [1.807, 2.05) is 12.3 Å². The summed E-state index contributed by atoms with van der Waals surface area (Å²) in [7, 11) is 0. The second-order valence-corrected chi connectivity index (χ2v) is 2.86. The third-order valence-electron chi connectivity index (χ3n) is 1.31. The van der Waals surface area contributed by atoms with Crippen molar-refractivity contribution < 1.29 is 0 Å². The van der Waals surface area contributed by atoms with Gasteiger partial charge in [0.25, 0.3) is 0 Å². The van der Waals surface area contributed by atoms with E-state index in [4.69, 9.17) is 0 Å². The molecule has 4 heteroatoms. The SMILES string of the molecule is CC#CCCNCc1csnn1. The Labute approximate surface area is 76.4 Å². The normalized spacial score (nSPS) is 9.08. The van der Waals surface area contributed by atoms with E-state index in [2.05, 4.69) is 26.7 Å². The van der Waals surface area contributed by atoms with Crippen molar-refractivity contribution in [2.75, 3.05) is 6.54 Å². The summed E-state index contributed by atoms with van der Waals surface area (Å²) in [5.74, 6) is 5.83. The minimum Gasteiger partial charge on any atom is -0.310 e. The fraction of sp³-hybridized carbons (Fsp3) is 0.500. The lowest BCUT2D eigenvalue weighted by molar-refractivity contribution is 0.685. The molecule has 0 atom stereocenters. The zero-order valence-electron chi connectivity index (χ0n) is 7.00. The van der Waals surface area contributed by atoms with E-state index in [9.17, 15) is 0 Å². The molecule has 0 saturated heterocycles. The van der Waals surface area contributed by atoms with Crippen LogP contribution in [0, 0.1) is 11.8 Å². The van der Waals surface area contributed by atoms with Gasteiger partial charge in [0.2, 0.25) is 0 Å². The van der Waals surface area contributed by atoms with Crippen LogP contribution in [0.5, 0.6) is 0 Å². The molecule has 64 valence electrons. The molecule has 0 unspecified atom stereocenters. The molecule has 1 aromatic rings. The van der Waals surface area contributed by atoms with Gasteiger partial charge in [0, 0.05) is 24.9 Å². The summed E-state index contributed by atoms with van der Waals surface area (Å²) in [5.41, 5.74) is 1.00. The maximum atomic E-state index is 3.90. The fourth-order valence-corrected chi connectivity index (χ4v) is 1.20. The number of hydrogen-bond donors (Lipinski definition) is 1.